The molecule has 0 fully saturated rings. The summed E-state index contributed by atoms with van der Waals surface area (Å²) in [4.78, 5) is 24.7. The van der Waals surface area contributed by atoms with Crippen LogP contribution in [0.5, 0.6) is 11.5 Å². The number of amides is 2. The maximum absolute atomic E-state index is 12.4. The van der Waals surface area contributed by atoms with E-state index in [1.807, 2.05) is 32.0 Å². The van der Waals surface area contributed by atoms with Gasteiger partial charge in [-0.05, 0) is 68.1 Å². The zero-order valence-corrected chi connectivity index (χ0v) is 16.8. The first kappa shape index (κ1) is 20.0. The van der Waals surface area contributed by atoms with Gasteiger partial charge in [0.2, 0.25) is 5.91 Å². The molecule has 0 radical (unpaired) electrons. The van der Waals surface area contributed by atoms with Crippen molar-refractivity contribution in [1.82, 2.24) is 10.9 Å². The lowest BCUT2D eigenvalue weighted by Gasteiger charge is -2.25. The number of aryl methyl sites for hydroxylation is 1. The molecule has 0 aromatic heterocycles. The van der Waals surface area contributed by atoms with E-state index in [0.717, 1.165) is 22.4 Å². The van der Waals surface area contributed by atoms with Crippen LogP contribution in [0.3, 0.4) is 0 Å². The van der Waals surface area contributed by atoms with Gasteiger partial charge >= 0.3 is 0 Å². The third-order valence-electron chi connectivity index (χ3n) is 4.84. The van der Waals surface area contributed by atoms with Crippen molar-refractivity contribution in [3.05, 3.63) is 58.1 Å². The van der Waals surface area contributed by atoms with Gasteiger partial charge in [-0.1, -0.05) is 23.7 Å². The van der Waals surface area contributed by atoms with E-state index in [1.165, 1.54) is 0 Å². The standard InChI is InChI=1S/C21H23ClN2O4/c1-12-5-4-6-18(13(12)2)28-14(3)20(25)23-24-21(26)16-9-15-10-17(22)7-8-19(15)27-11-16/h4-8,10,14,16H,9,11H2,1-3H3,(H,23,25)(H,24,26)/t14-,16-/m0/s1. The van der Waals surface area contributed by atoms with Crippen LogP contribution in [0.4, 0.5) is 0 Å². The van der Waals surface area contributed by atoms with Gasteiger partial charge in [0.1, 0.15) is 18.1 Å². The minimum absolute atomic E-state index is 0.241. The normalized spacial score (nSPS) is 16.4. The minimum Gasteiger partial charge on any atom is -0.492 e. The van der Waals surface area contributed by atoms with Crippen molar-refractivity contribution < 1.29 is 19.1 Å². The van der Waals surface area contributed by atoms with Crippen LogP contribution in [0.2, 0.25) is 5.02 Å². The molecule has 0 aliphatic carbocycles. The van der Waals surface area contributed by atoms with Crippen LogP contribution in [0, 0.1) is 19.8 Å². The van der Waals surface area contributed by atoms with Gasteiger partial charge in [0.25, 0.3) is 5.91 Å². The predicted molar refractivity (Wildman–Crippen MR) is 106 cm³/mol. The van der Waals surface area contributed by atoms with Gasteiger partial charge in [-0.2, -0.15) is 0 Å². The number of benzene rings is 2. The second-order valence-electron chi connectivity index (χ2n) is 6.90. The van der Waals surface area contributed by atoms with Crippen molar-refractivity contribution in [2.24, 2.45) is 5.92 Å². The van der Waals surface area contributed by atoms with Gasteiger partial charge in [0.15, 0.2) is 6.10 Å². The molecule has 0 saturated heterocycles. The molecule has 2 aromatic carbocycles. The van der Waals surface area contributed by atoms with Crippen LogP contribution in [0.25, 0.3) is 0 Å². The molecule has 2 atom stereocenters. The highest BCUT2D eigenvalue weighted by atomic mass is 35.5. The summed E-state index contributed by atoms with van der Waals surface area (Å²) >= 11 is 6.00. The summed E-state index contributed by atoms with van der Waals surface area (Å²) in [5.74, 6) is 0.199. The van der Waals surface area contributed by atoms with E-state index in [9.17, 15) is 9.59 Å². The number of hydrogen-bond donors (Lipinski definition) is 2. The molecule has 28 heavy (non-hydrogen) atoms. The maximum atomic E-state index is 12.4. The summed E-state index contributed by atoms with van der Waals surface area (Å²) in [6, 6.07) is 11.0. The topological polar surface area (TPSA) is 76.7 Å². The Labute approximate surface area is 169 Å². The second kappa shape index (κ2) is 8.52. The van der Waals surface area contributed by atoms with Gasteiger partial charge in [0.05, 0.1) is 5.92 Å². The number of fused-ring (bicyclic) bond motifs is 1. The summed E-state index contributed by atoms with van der Waals surface area (Å²) in [5.41, 5.74) is 7.81. The Morgan fingerprint density at radius 1 is 1.21 bits per heavy atom. The van der Waals surface area contributed by atoms with Gasteiger partial charge < -0.3 is 9.47 Å². The molecule has 148 valence electrons. The average molecular weight is 403 g/mol. The van der Waals surface area contributed by atoms with Crippen LogP contribution in [0.1, 0.15) is 23.6 Å². The molecule has 0 saturated carbocycles. The third-order valence-corrected chi connectivity index (χ3v) is 5.07. The van der Waals surface area contributed by atoms with Crippen molar-refractivity contribution in [2.75, 3.05) is 6.61 Å². The maximum Gasteiger partial charge on any atom is 0.279 e. The Kier molecular flexibility index (Phi) is 6.09. The number of ether oxygens (including phenoxy) is 2. The average Bonchev–Trinajstić information content (AvgIpc) is 2.68. The van der Waals surface area contributed by atoms with E-state index in [1.54, 1.807) is 25.1 Å². The fraction of sp³-hybridized carbons (Fsp3) is 0.333. The number of carbonyl (C=O) groups is 2. The molecule has 2 aromatic rings. The fourth-order valence-electron chi connectivity index (χ4n) is 2.95. The highest BCUT2D eigenvalue weighted by Gasteiger charge is 2.27. The fourth-order valence-corrected chi connectivity index (χ4v) is 3.15. The van der Waals surface area contributed by atoms with E-state index < -0.39 is 17.9 Å². The Morgan fingerprint density at radius 2 is 2.00 bits per heavy atom. The smallest absolute Gasteiger partial charge is 0.279 e. The van der Waals surface area contributed by atoms with Gasteiger partial charge in [-0.15, -0.1) is 0 Å². The minimum atomic E-state index is -0.761. The summed E-state index contributed by atoms with van der Waals surface area (Å²) in [7, 11) is 0. The number of halogens is 1. The molecule has 0 unspecified atom stereocenters. The van der Waals surface area contributed by atoms with E-state index in [0.29, 0.717) is 17.2 Å². The molecule has 7 heteroatoms. The lowest BCUT2D eigenvalue weighted by atomic mass is 9.96. The zero-order chi connectivity index (χ0) is 20.3. The summed E-state index contributed by atoms with van der Waals surface area (Å²) in [5, 5.41) is 0.592. The number of hydrazine groups is 1. The van der Waals surface area contributed by atoms with Crippen molar-refractivity contribution >= 4 is 23.4 Å². The summed E-state index contributed by atoms with van der Waals surface area (Å²) in [6.45, 7) is 5.78. The van der Waals surface area contributed by atoms with Crippen LogP contribution in [0.15, 0.2) is 36.4 Å². The number of rotatable bonds is 4. The van der Waals surface area contributed by atoms with Gasteiger partial charge in [-0.3, -0.25) is 20.4 Å². The lowest BCUT2D eigenvalue weighted by Crippen LogP contribution is -2.50. The van der Waals surface area contributed by atoms with Gasteiger partial charge in [0, 0.05) is 5.02 Å². The van der Waals surface area contributed by atoms with Crippen LogP contribution >= 0.6 is 11.6 Å². The molecule has 0 bridgehead atoms. The molecule has 1 aliphatic heterocycles. The molecule has 1 heterocycles. The lowest BCUT2D eigenvalue weighted by molar-refractivity contribution is -0.135. The van der Waals surface area contributed by atoms with Gasteiger partial charge in [-0.25, -0.2) is 0 Å². The molecule has 2 N–H and O–H groups in total. The summed E-state index contributed by atoms with van der Waals surface area (Å²) < 4.78 is 11.3. The molecule has 6 nitrogen and oxygen atoms in total. The summed E-state index contributed by atoms with van der Waals surface area (Å²) in [6.07, 6.45) is -0.269. The van der Waals surface area contributed by atoms with Crippen molar-refractivity contribution in [3.63, 3.8) is 0 Å². The number of hydrogen-bond acceptors (Lipinski definition) is 4. The second-order valence-corrected chi connectivity index (χ2v) is 7.34. The SMILES string of the molecule is Cc1cccc(O[C@@H](C)C(=O)NNC(=O)[C@@H]2COc3ccc(Cl)cc3C2)c1C. The van der Waals surface area contributed by atoms with Crippen molar-refractivity contribution in [3.8, 4) is 11.5 Å². The number of carbonyl (C=O) groups excluding carboxylic acids is 2. The Balaban J connectivity index is 1.53. The first-order valence-electron chi connectivity index (χ1n) is 9.09. The predicted octanol–water partition coefficient (Wildman–Crippen LogP) is 3.12. The molecule has 3 rings (SSSR count). The van der Waals surface area contributed by atoms with E-state index in [-0.39, 0.29) is 12.5 Å². The Hall–Kier alpha value is -2.73. The third kappa shape index (κ3) is 4.57. The highest BCUT2D eigenvalue weighted by molar-refractivity contribution is 6.30. The highest BCUT2D eigenvalue weighted by Crippen LogP contribution is 2.29. The Bertz CT molecular complexity index is 900. The quantitative estimate of drug-likeness (QED) is 0.770. The first-order chi connectivity index (χ1) is 13.3. The van der Waals surface area contributed by atoms with Crippen molar-refractivity contribution in [2.45, 2.75) is 33.3 Å². The monoisotopic (exact) mass is 402 g/mol. The first-order valence-corrected chi connectivity index (χ1v) is 9.46. The van der Waals surface area contributed by atoms with Crippen LogP contribution in [-0.2, 0) is 16.0 Å². The number of nitrogens with one attached hydrogen (secondary N) is 2. The van der Waals surface area contributed by atoms with Crippen LogP contribution < -0.4 is 20.3 Å². The largest absolute Gasteiger partial charge is 0.492 e. The molecule has 2 amide bonds. The molecular formula is C21H23ClN2O4. The zero-order valence-electron chi connectivity index (χ0n) is 16.0. The Morgan fingerprint density at radius 3 is 2.79 bits per heavy atom. The van der Waals surface area contributed by atoms with Crippen LogP contribution in [-0.4, -0.2) is 24.5 Å². The molecule has 1 aliphatic rings. The van der Waals surface area contributed by atoms with E-state index >= 15 is 0 Å². The molecule has 0 spiro atoms. The van der Waals surface area contributed by atoms with E-state index in [2.05, 4.69) is 10.9 Å². The van der Waals surface area contributed by atoms with E-state index in [4.69, 9.17) is 21.1 Å². The molecular weight excluding hydrogens is 380 g/mol. The van der Waals surface area contributed by atoms with Crippen molar-refractivity contribution in [1.29, 1.82) is 0 Å².